The third kappa shape index (κ3) is 18.8. The number of hydrogen-bond acceptors (Lipinski definition) is 14. The van der Waals surface area contributed by atoms with E-state index in [1.807, 2.05) is 111 Å². The third-order valence-corrected chi connectivity index (χ3v) is 14.5. The van der Waals surface area contributed by atoms with E-state index in [-0.39, 0.29) is 62.5 Å². The van der Waals surface area contributed by atoms with Crippen LogP contribution in [0.25, 0.3) is 45.0 Å². The standard InChI is InChI=1S/C33H43N5O5.C32H42N6O5/c1-3-5-10-19-34-33(41)43-23-20-38-32-28-15-8-9-16-29(28)37(24-25-12-6-7-14-27(25)31(32)35-36-38)30(40)17-11-13-26(39)18-22-42-21-4-2;1-3-5-10-17-34-32(41)43-22-19-38-31-25-12-7-6-11-24(25)23-37(27-14-9-8-13-26(27)30(31)35-36-38)29(40)15-18-33-28(39)16-21-42-20-4-2/h6-9,12,14-16H,3-5,10-11,13,17-24H2,1-2H3,(H,34,41);6-9,11-14H,3-5,10,15-23H2,1-2H3,(H,33,39)(H,34,41). The van der Waals surface area contributed by atoms with Crippen molar-refractivity contribution in [3.63, 3.8) is 0 Å². The van der Waals surface area contributed by atoms with E-state index in [1.54, 1.807) is 19.2 Å². The number of Topliss-reactive ketones (excluding diaryl/α,β-unsaturated/α-hetero) is 1. The molecule has 0 bridgehead atoms. The van der Waals surface area contributed by atoms with Gasteiger partial charge in [0.05, 0.1) is 62.2 Å². The summed E-state index contributed by atoms with van der Waals surface area (Å²) in [6.07, 6.45) is 8.90. The molecule has 0 aliphatic carbocycles. The third-order valence-electron chi connectivity index (χ3n) is 14.5. The SMILES string of the molecule is CCCCCNC(=O)OCCn1nnc2c1-c1ccccc1CN(C(=O)CCNC(=O)CCOCCC)c1ccccc1-2.CCCCCNC(=O)OCCn1nnc2c1-c1ccccc1N(C(=O)CCCC(=O)CCOCCC)Cc1ccccc1-2. The molecule has 0 saturated carbocycles. The first kappa shape index (κ1) is 65.2. The maximum absolute atomic E-state index is 13.7. The molecular weight excluding hydrogens is 1090 g/mol. The summed E-state index contributed by atoms with van der Waals surface area (Å²) in [6, 6.07) is 31.1. The maximum atomic E-state index is 13.7. The minimum atomic E-state index is -0.450. The van der Waals surface area contributed by atoms with Crippen LogP contribution in [0.1, 0.15) is 129 Å². The first-order valence-corrected chi connectivity index (χ1v) is 30.6. The van der Waals surface area contributed by atoms with Gasteiger partial charge in [0.25, 0.3) is 0 Å². The number of hydrogen-bond donors (Lipinski definition) is 3. The second-order valence-electron chi connectivity index (χ2n) is 21.1. The molecule has 4 heterocycles. The number of anilines is 2. The van der Waals surface area contributed by atoms with Gasteiger partial charge in [0.2, 0.25) is 17.7 Å². The molecule has 5 amide bonds. The molecule has 86 heavy (non-hydrogen) atoms. The number of benzene rings is 4. The molecule has 21 heteroatoms. The van der Waals surface area contributed by atoms with Crippen LogP contribution >= 0.6 is 0 Å². The molecule has 0 saturated heterocycles. The number of para-hydroxylation sites is 2. The van der Waals surface area contributed by atoms with Crippen molar-refractivity contribution in [1.82, 2.24) is 45.9 Å². The molecular formula is C65H85N11O10. The van der Waals surface area contributed by atoms with Gasteiger partial charge in [-0.25, -0.2) is 19.0 Å². The molecule has 2 aliphatic rings. The number of carbonyl (C=O) groups is 6. The zero-order valence-electron chi connectivity index (χ0n) is 50.5. The number of nitrogens with one attached hydrogen (secondary N) is 3. The summed E-state index contributed by atoms with van der Waals surface area (Å²) < 4.78 is 25.1. The van der Waals surface area contributed by atoms with Crippen molar-refractivity contribution in [2.24, 2.45) is 0 Å². The van der Waals surface area contributed by atoms with E-state index in [0.717, 1.165) is 113 Å². The van der Waals surface area contributed by atoms with E-state index < -0.39 is 12.2 Å². The van der Waals surface area contributed by atoms with Gasteiger partial charge in [0, 0.05) is 87.2 Å². The largest absolute Gasteiger partial charge is 0.448 e. The normalized spacial score (nSPS) is 12.0. The second kappa shape index (κ2) is 35.2. The molecule has 4 aromatic carbocycles. The lowest BCUT2D eigenvalue weighted by molar-refractivity contribution is -0.123. The van der Waals surface area contributed by atoms with Crippen LogP contribution < -0.4 is 25.8 Å². The van der Waals surface area contributed by atoms with Crippen LogP contribution in [0.5, 0.6) is 0 Å². The topological polar surface area (TPSA) is 243 Å². The van der Waals surface area contributed by atoms with Gasteiger partial charge in [0.1, 0.15) is 30.4 Å². The summed E-state index contributed by atoms with van der Waals surface area (Å²) in [4.78, 5) is 79.7. The van der Waals surface area contributed by atoms with Gasteiger partial charge in [-0.1, -0.05) is 149 Å². The molecule has 8 rings (SSSR count). The zero-order valence-corrected chi connectivity index (χ0v) is 50.5. The highest BCUT2D eigenvalue weighted by Gasteiger charge is 2.31. The smallest absolute Gasteiger partial charge is 0.407 e. The van der Waals surface area contributed by atoms with Gasteiger partial charge < -0.3 is 44.7 Å². The van der Waals surface area contributed by atoms with Crippen molar-refractivity contribution < 1.29 is 47.7 Å². The molecule has 0 spiro atoms. The molecule has 0 radical (unpaired) electrons. The highest BCUT2D eigenvalue weighted by Crippen LogP contribution is 2.43. The highest BCUT2D eigenvalue weighted by molar-refractivity contribution is 6.01. The Bertz CT molecular complexity index is 3160. The molecule has 0 fully saturated rings. The molecule has 2 aliphatic heterocycles. The fourth-order valence-corrected chi connectivity index (χ4v) is 10.1. The number of amides is 5. The Morgan fingerprint density at radius 2 is 0.919 bits per heavy atom. The number of rotatable bonds is 31. The van der Waals surface area contributed by atoms with Gasteiger partial charge in [-0.3, -0.25) is 19.2 Å². The molecule has 2 aromatic heterocycles. The summed E-state index contributed by atoms with van der Waals surface area (Å²) in [6.45, 7) is 13.4. The van der Waals surface area contributed by atoms with Crippen LogP contribution in [-0.4, -0.2) is 125 Å². The van der Waals surface area contributed by atoms with Crippen molar-refractivity contribution in [3.8, 4) is 45.0 Å². The number of ketones is 1. The molecule has 460 valence electrons. The fraction of sp³-hybridized carbons (Fsp3) is 0.477. The maximum Gasteiger partial charge on any atom is 0.407 e. The number of fused-ring (bicyclic) bond motifs is 10. The van der Waals surface area contributed by atoms with E-state index in [0.29, 0.717) is 90.7 Å². The van der Waals surface area contributed by atoms with E-state index >= 15 is 0 Å². The van der Waals surface area contributed by atoms with Crippen LogP contribution in [0.4, 0.5) is 21.0 Å². The summed E-state index contributed by atoms with van der Waals surface area (Å²) in [7, 11) is 0. The number of unbranched alkanes of at least 4 members (excludes halogenated alkanes) is 4. The van der Waals surface area contributed by atoms with Crippen molar-refractivity contribution in [1.29, 1.82) is 0 Å². The minimum absolute atomic E-state index is 0.0529. The van der Waals surface area contributed by atoms with Gasteiger partial charge >= 0.3 is 12.2 Å². The Morgan fingerprint density at radius 3 is 1.50 bits per heavy atom. The Balaban J connectivity index is 0.000000246. The number of alkyl carbamates (subject to hydrolysis) is 2. The van der Waals surface area contributed by atoms with Crippen LogP contribution in [0, 0.1) is 0 Å². The van der Waals surface area contributed by atoms with Crippen LogP contribution in [-0.2, 0) is 64.3 Å². The Kier molecular flexibility index (Phi) is 26.7. The second-order valence-corrected chi connectivity index (χ2v) is 21.1. The lowest BCUT2D eigenvalue weighted by Gasteiger charge is -2.29. The van der Waals surface area contributed by atoms with Crippen LogP contribution in [0.2, 0.25) is 0 Å². The molecule has 6 aromatic rings. The number of ether oxygens (including phenoxy) is 4. The van der Waals surface area contributed by atoms with Crippen molar-refractivity contribution in [2.75, 3.05) is 69.1 Å². The van der Waals surface area contributed by atoms with Crippen molar-refractivity contribution in [2.45, 2.75) is 144 Å². The van der Waals surface area contributed by atoms with Crippen molar-refractivity contribution >= 4 is 47.1 Å². The lowest BCUT2D eigenvalue weighted by atomic mass is 9.95. The average molecular weight is 1180 g/mol. The summed E-state index contributed by atoms with van der Waals surface area (Å²) in [5, 5.41) is 26.4. The Morgan fingerprint density at radius 1 is 0.442 bits per heavy atom. The average Bonchev–Trinajstić information content (AvgIpc) is 1.95. The summed E-state index contributed by atoms with van der Waals surface area (Å²) >= 11 is 0. The zero-order chi connectivity index (χ0) is 60.9. The predicted molar refractivity (Wildman–Crippen MR) is 330 cm³/mol. The van der Waals surface area contributed by atoms with Crippen LogP contribution in [0.15, 0.2) is 97.1 Å². The van der Waals surface area contributed by atoms with Gasteiger partial charge in [-0.15, -0.1) is 10.2 Å². The number of carbonyl (C=O) groups excluding carboxylic acids is 6. The quantitative estimate of drug-likeness (QED) is 0.0343. The molecule has 3 N–H and O–H groups in total. The Hall–Kier alpha value is -8.30. The summed E-state index contributed by atoms with van der Waals surface area (Å²) in [5.41, 5.74) is 9.67. The van der Waals surface area contributed by atoms with Crippen LogP contribution in [0.3, 0.4) is 0 Å². The van der Waals surface area contributed by atoms with Crippen molar-refractivity contribution in [3.05, 3.63) is 108 Å². The van der Waals surface area contributed by atoms with E-state index in [9.17, 15) is 28.8 Å². The predicted octanol–water partition coefficient (Wildman–Crippen LogP) is 10.6. The summed E-state index contributed by atoms with van der Waals surface area (Å²) in [5.74, 6) is -0.192. The molecule has 0 unspecified atom stereocenters. The highest BCUT2D eigenvalue weighted by atomic mass is 16.6. The van der Waals surface area contributed by atoms with E-state index in [2.05, 4.69) is 50.4 Å². The monoisotopic (exact) mass is 1180 g/mol. The van der Waals surface area contributed by atoms with Gasteiger partial charge in [0.15, 0.2) is 0 Å². The van der Waals surface area contributed by atoms with Gasteiger partial charge in [-0.05, 0) is 55.4 Å². The number of nitrogens with zero attached hydrogens (tertiary/aromatic N) is 8. The Labute approximate surface area is 504 Å². The first-order valence-electron chi connectivity index (χ1n) is 30.6. The van der Waals surface area contributed by atoms with E-state index in [1.165, 1.54) is 0 Å². The lowest BCUT2D eigenvalue weighted by Crippen LogP contribution is -2.35. The van der Waals surface area contributed by atoms with Gasteiger partial charge in [-0.2, -0.15) is 0 Å². The molecule has 21 nitrogen and oxygen atoms in total. The minimum Gasteiger partial charge on any atom is -0.448 e. The number of aromatic nitrogens is 6. The first-order chi connectivity index (χ1) is 42.1. The molecule has 0 atom stereocenters. The van der Waals surface area contributed by atoms with E-state index in [4.69, 9.17) is 18.9 Å². The fourth-order valence-electron chi connectivity index (χ4n) is 10.1.